The van der Waals surface area contributed by atoms with Crippen LogP contribution in [0.4, 0.5) is 0 Å². The third-order valence-electron chi connectivity index (χ3n) is 2.24. The summed E-state index contributed by atoms with van der Waals surface area (Å²) in [5.41, 5.74) is 6.86. The van der Waals surface area contributed by atoms with Gasteiger partial charge in [-0.2, -0.15) is 0 Å². The first-order valence-electron chi connectivity index (χ1n) is 3.98. The van der Waals surface area contributed by atoms with Crippen LogP contribution in [-0.2, 0) is 10.8 Å². The van der Waals surface area contributed by atoms with E-state index in [2.05, 4.69) is 6.07 Å². The van der Waals surface area contributed by atoms with Crippen molar-refractivity contribution in [2.45, 2.75) is 16.5 Å². The molecule has 1 aliphatic rings. The van der Waals surface area contributed by atoms with Gasteiger partial charge in [0.05, 0.1) is 15.0 Å². The van der Waals surface area contributed by atoms with Gasteiger partial charge in [-0.15, -0.1) is 11.3 Å². The highest BCUT2D eigenvalue weighted by Crippen LogP contribution is 2.34. The fraction of sp³-hybridized carbons (Fsp3) is 0.500. The highest BCUT2D eigenvalue weighted by atomic mass is 32.2. The average molecular weight is 201 g/mol. The van der Waals surface area contributed by atoms with Crippen molar-refractivity contribution in [3.8, 4) is 0 Å². The highest BCUT2D eigenvalue weighted by Gasteiger charge is 2.24. The molecule has 0 aromatic carbocycles. The number of nitrogens with two attached hydrogens (primary N) is 1. The van der Waals surface area contributed by atoms with Gasteiger partial charge >= 0.3 is 0 Å². The van der Waals surface area contributed by atoms with Gasteiger partial charge in [-0.3, -0.25) is 4.21 Å². The Balaban J connectivity index is 2.42. The molecule has 0 saturated carbocycles. The first kappa shape index (κ1) is 8.41. The van der Waals surface area contributed by atoms with Crippen molar-refractivity contribution < 1.29 is 4.21 Å². The normalized spacial score (nSPS) is 28.4. The minimum Gasteiger partial charge on any atom is -0.330 e. The third-order valence-corrected chi connectivity index (χ3v) is 5.07. The highest BCUT2D eigenvalue weighted by molar-refractivity contribution is 7.87. The number of thiophene rings is 1. The van der Waals surface area contributed by atoms with Crippen molar-refractivity contribution in [2.24, 2.45) is 5.73 Å². The molecule has 66 valence electrons. The summed E-state index contributed by atoms with van der Waals surface area (Å²) in [4.78, 5) is 0. The minimum absolute atomic E-state index is 0.448. The Morgan fingerprint density at radius 2 is 2.58 bits per heavy atom. The van der Waals surface area contributed by atoms with Crippen LogP contribution in [0, 0.1) is 0 Å². The Kier molecular flexibility index (Phi) is 2.30. The molecular weight excluding hydrogens is 190 g/mol. The van der Waals surface area contributed by atoms with Crippen molar-refractivity contribution in [1.82, 2.24) is 0 Å². The first-order chi connectivity index (χ1) is 5.83. The van der Waals surface area contributed by atoms with Crippen LogP contribution in [0.5, 0.6) is 0 Å². The molecule has 1 aliphatic heterocycles. The molecule has 0 unspecified atom stereocenters. The van der Waals surface area contributed by atoms with Crippen molar-refractivity contribution in [1.29, 1.82) is 0 Å². The molecule has 0 fully saturated rings. The third kappa shape index (κ3) is 1.24. The summed E-state index contributed by atoms with van der Waals surface area (Å²) < 4.78 is 12.5. The molecule has 0 amide bonds. The van der Waals surface area contributed by atoms with Gasteiger partial charge in [0.1, 0.15) is 0 Å². The van der Waals surface area contributed by atoms with Crippen LogP contribution in [0.1, 0.15) is 17.9 Å². The van der Waals surface area contributed by atoms with Crippen LogP contribution in [0.2, 0.25) is 0 Å². The van der Waals surface area contributed by atoms with Crippen LogP contribution in [0.3, 0.4) is 0 Å². The molecule has 4 heteroatoms. The average Bonchev–Trinajstić information content (AvgIpc) is 2.54. The van der Waals surface area contributed by atoms with E-state index >= 15 is 0 Å². The fourth-order valence-electron chi connectivity index (χ4n) is 1.54. The minimum atomic E-state index is -0.743. The van der Waals surface area contributed by atoms with Gasteiger partial charge in [0.15, 0.2) is 0 Å². The molecule has 0 saturated heterocycles. The molecular formula is C8H11NOS2. The second-order valence-corrected chi connectivity index (χ2v) is 5.62. The summed E-state index contributed by atoms with van der Waals surface area (Å²) in [7, 11) is -0.743. The second kappa shape index (κ2) is 3.28. The largest absolute Gasteiger partial charge is 0.330 e. The van der Waals surface area contributed by atoms with E-state index < -0.39 is 10.8 Å². The van der Waals surface area contributed by atoms with E-state index in [9.17, 15) is 4.21 Å². The van der Waals surface area contributed by atoms with E-state index in [0.29, 0.717) is 12.5 Å². The topological polar surface area (TPSA) is 43.1 Å². The van der Waals surface area contributed by atoms with Crippen molar-refractivity contribution in [3.63, 3.8) is 0 Å². The monoisotopic (exact) mass is 201 g/mol. The second-order valence-electron chi connectivity index (χ2n) is 2.93. The van der Waals surface area contributed by atoms with Gasteiger partial charge < -0.3 is 5.73 Å². The summed E-state index contributed by atoms with van der Waals surface area (Å²) in [6.07, 6.45) is 0.979. The van der Waals surface area contributed by atoms with Gasteiger partial charge in [0.25, 0.3) is 0 Å². The quantitative estimate of drug-likeness (QED) is 0.744. The van der Waals surface area contributed by atoms with Gasteiger partial charge in [-0.05, 0) is 35.9 Å². The number of hydrogen-bond donors (Lipinski definition) is 1. The maximum Gasteiger partial charge on any atom is 0.0945 e. The van der Waals surface area contributed by atoms with Gasteiger partial charge in [0.2, 0.25) is 0 Å². The van der Waals surface area contributed by atoms with E-state index in [1.165, 1.54) is 5.56 Å². The molecule has 2 atom stereocenters. The lowest BCUT2D eigenvalue weighted by Crippen LogP contribution is -2.20. The molecule has 0 spiro atoms. The summed E-state index contributed by atoms with van der Waals surface area (Å²) >= 11 is 1.60. The molecule has 12 heavy (non-hydrogen) atoms. The van der Waals surface area contributed by atoms with E-state index in [-0.39, 0.29) is 0 Å². The van der Waals surface area contributed by atoms with E-state index in [1.54, 1.807) is 11.3 Å². The molecule has 2 nitrogen and oxygen atoms in total. The van der Waals surface area contributed by atoms with Crippen LogP contribution < -0.4 is 5.73 Å². The zero-order valence-electron chi connectivity index (χ0n) is 6.66. The first-order valence-corrected chi connectivity index (χ1v) is 6.18. The molecule has 1 aromatic heterocycles. The van der Waals surface area contributed by atoms with Gasteiger partial charge in [-0.1, -0.05) is 0 Å². The number of fused-ring (bicyclic) bond motifs is 1. The molecule has 1 aromatic rings. The lowest BCUT2D eigenvalue weighted by Gasteiger charge is -2.19. The van der Waals surface area contributed by atoms with Crippen molar-refractivity contribution >= 4 is 22.1 Å². The number of hydrogen-bond acceptors (Lipinski definition) is 3. The van der Waals surface area contributed by atoms with E-state index in [4.69, 9.17) is 5.73 Å². The van der Waals surface area contributed by atoms with E-state index in [0.717, 1.165) is 16.4 Å². The Morgan fingerprint density at radius 1 is 1.75 bits per heavy atom. The molecule has 2 N–H and O–H groups in total. The number of rotatable bonds is 1. The molecule has 2 rings (SSSR count). The zero-order valence-corrected chi connectivity index (χ0v) is 8.29. The predicted octanol–water partition coefficient (Wildman–Crippen LogP) is 1.30. The summed E-state index contributed by atoms with van der Waals surface area (Å²) in [6.45, 7) is 0.681. The summed E-state index contributed by atoms with van der Waals surface area (Å²) in [6, 6.07) is 2.06. The molecule has 0 bridgehead atoms. The lowest BCUT2D eigenvalue weighted by molar-refractivity contribution is 0.633. The standard InChI is InChI=1S/C8H11NOS2/c9-5-6-2-4-12(10)8-7(6)1-3-11-8/h1,3,6H,2,4-5,9H2/t6-,12+/m1/s1. The summed E-state index contributed by atoms with van der Waals surface area (Å²) in [5.74, 6) is 1.24. The van der Waals surface area contributed by atoms with E-state index in [1.807, 2.05) is 5.38 Å². The SMILES string of the molecule is NC[C@H]1CC[S@](=O)c2sccc21. The predicted molar refractivity (Wildman–Crippen MR) is 52.0 cm³/mol. The van der Waals surface area contributed by atoms with Gasteiger partial charge in [0, 0.05) is 5.75 Å². The Labute approximate surface area is 78.2 Å². The Morgan fingerprint density at radius 3 is 3.33 bits per heavy atom. The van der Waals surface area contributed by atoms with Crippen LogP contribution >= 0.6 is 11.3 Å². The van der Waals surface area contributed by atoms with Crippen LogP contribution in [0.15, 0.2) is 15.7 Å². The Bertz CT molecular complexity index is 308. The summed E-state index contributed by atoms with van der Waals surface area (Å²) in [5, 5.41) is 2.01. The van der Waals surface area contributed by atoms with Crippen molar-refractivity contribution in [2.75, 3.05) is 12.3 Å². The maximum atomic E-state index is 11.5. The molecule has 2 heterocycles. The van der Waals surface area contributed by atoms with Crippen molar-refractivity contribution in [3.05, 3.63) is 17.0 Å². The van der Waals surface area contributed by atoms with Gasteiger partial charge in [-0.25, -0.2) is 0 Å². The fourth-order valence-corrected chi connectivity index (χ4v) is 4.27. The van der Waals surface area contributed by atoms with Crippen LogP contribution in [-0.4, -0.2) is 16.5 Å². The molecule has 0 aliphatic carbocycles. The lowest BCUT2D eigenvalue weighted by atomic mass is 9.99. The smallest absolute Gasteiger partial charge is 0.0945 e. The van der Waals surface area contributed by atoms with Crippen LogP contribution in [0.25, 0.3) is 0 Å². The maximum absolute atomic E-state index is 11.5. The Hall–Kier alpha value is -0.190. The molecule has 0 radical (unpaired) electrons. The zero-order chi connectivity index (χ0) is 8.55.